The van der Waals surface area contributed by atoms with Gasteiger partial charge in [-0.15, -0.1) is 0 Å². The Bertz CT molecular complexity index is 104. The van der Waals surface area contributed by atoms with Gasteiger partial charge in [0, 0.05) is 39.8 Å². The van der Waals surface area contributed by atoms with Crippen LogP contribution in [0.2, 0.25) is 0 Å². The van der Waals surface area contributed by atoms with E-state index in [1.54, 1.807) is 0 Å². The Hall–Kier alpha value is -0.160. The molecule has 0 spiro atoms. The third-order valence-corrected chi connectivity index (χ3v) is 2.33. The van der Waals surface area contributed by atoms with Crippen molar-refractivity contribution in [2.75, 3.05) is 53.0 Å². The van der Waals surface area contributed by atoms with Crippen molar-refractivity contribution < 1.29 is 10.2 Å². The van der Waals surface area contributed by atoms with Crippen molar-refractivity contribution in [2.45, 2.75) is 6.92 Å². The van der Waals surface area contributed by atoms with E-state index in [9.17, 15) is 0 Å². The number of piperazine rings is 1. The molecule has 1 heterocycles. The largest absolute Gasteiger partial charge is 0.400 e. The van der Waals surface area contributed by atoms with Gasteiger partial charge < -0.3 is 15.1 Å². The second-order valence-corrected chi connectivity index (χ2v) is 3.00. The predicted octanol–water partition coefficient (Wildman–Crippen LogP) is -0.775. The Balaban J connectivity index is 0.000000671. The Morgan fingerprint density at radius 1 is 1.00 bits per heavy atom. The number of likely N-dealkylation sites (N-methyl/N-ethyl adjacent to an activating group) is 1. The second kappa shape index (κ2) is 8.44. The average molecular weight is 190 g/mol. The molecule has 1 fully saturated rings. The van der Waals surface area contributed by atoms with E-state index in [4.69, 9.17) is 10.2 Å². The van der Waals surface area contributed by atoms with Gasteiger partial charge in [0.1, 0.15) is 0 Å². The summed E-state index contributed by atoms with van der Waals surface area (Å²) in [5.74, 6) is 0. The van der Waals surface area contributed by atoms with Crippen LogP contribution in [0.5, 0.6) is 0 Å². The fraction of sp³-hybridized carbons (Fsp3) is 1.00. The van der Waals surface area contributed by atoms with Crippen LogP contribution >= 0.6 is 0 Å². The number of aliphatic hydroxyl groups is 2. The Kier molecular flexibility index (Phi) is 8.33. The topological polar surface area (TPSA) is 46.9 Å². The van der Waals surface area contributed by atoms with Gasteiger partial charge in [0.05, 0.1) is 6.61 Å². The number of β-amino-alcohol motifs (C(OH)–C–C–N with tert-alkyl or cyclic N) is 1. The van der Waals surface area contributed by atoms with Crippen LogP contribution in [-0.4, -0.2) is 73.0 Å². The molecule has 0 aromatic heterocycles. The van der Waals surface area contributed by atoms with Gasteiger partial charge in [0.25, 0.3) is 0 Å². The maximum Gasteiger partial charge on any atom is 0.0558 e. The van der Waals surface area contributed by atoms with E-state index >= 15 is 0 Å². The van der Waals surface area contributed by atoms with Crippen molar-refractivity contribution in [1.82, 2.24) is 9.80 Å². The number of rotatable bonds is 3. The summed E-state index contributed by atoms with van der Waals surface area (Å²) in [6.45, 7) is 9.06. The summed E-state index contributed by atoms with van der Waals surface area (Å²) >= 11 is 0. The Morgan fingerprint density at radius 2 is 1.46 bits per heavy atom. The minimum atomic E-state index is 0.298. The van der Waals surface area contributed by atoms with Crippen molar-refractivity contribution in [3.05, 3.63) is 0 Å². The molecule has 0 aromatic rings. The number of nitrogens with zero attached hydrogens (tertiary/aromatic N) is 2. The summed E-state index contributed by atoms with van der Waals surface area (Å²) in [5.41, 5.74) is 0. The third kappa shape index (κ3) is 5.21. The van der Waals surface area contributed by atoms with Crippen molar-refractivity contribution in [2.24, 2.45) is 0 Å². The highest BCUT2D eigenvalue weighted by Crippen LogP contribution is 1.99. The van der Waals surface area contributed by atoms with Gasteiger partial charge in [-0.05, 0) is 6.54 Å². The lowest BCUT2D eigenvalue weighted by Gasteiger charge is -2.33. The first kappa shape index (κ1) is 12.8. The van der Waals surface area contributed by atoms with Gasteiger partial charge in [-0.2, -0.15) is 0 Å². The molecular weight excluding hydrogens is 168 g/mol. The van der Waals surface area contributed by atoms with Gasteiger partial charge in [0.15, 0.2) is 0 Å². The molecule has 2 N–H and O–H groups in total. The molecule has 0 amide bonds. The smallest absolute Gasteiger partial charge is 0.0558 e. The SMILES string of the molecule is CCN1CCN(CCO)CC1.CO. The molecule has 1 saturated heterocycles. The molecule has 0 aliphatic carbocycles. The van der Waals surface area contributed by atoms with E-state index in [1.165, 1.54) is 0 Å². The first-order valence-corrected chi connectivity index (χ1v) is 4.87. The third-order valence-electron chi connectivity index (χ3n) is 2.33. The summed E-state index contributed by atoms with van der Waals surface area (Å²) < 4.78 is 0. The van der Waals surface area contributed by atoms with Gasteiger partial charge in [0.2, 0.25) is 0 Å². The molecule has 0 aromatic carbocycles. The first-order valence-electron chi connectivity index (χ1n) is 4.87. The van der Waals surface area contributed by atoms with Crippen LogP contribution in [0.15, 0.2) is 0 Å². The fourth-order valence-corrected chi connectivity index (χ4v) is 1.47. The normalized spacial score (nSPS) is 19.4. The molecule has 0 atom stereocenters. The van der Waals surface area contributed by atoms with Crippen molar-refractivity contribution in [1.29, 1.82) is 0 Å². The monoisotopic (exact) mass is 190 g/mol. The van der Waals surface area contributed by atoms with Crippen molar-refractivity contribution >= 4 is 0 Å². The van der Waals surface area contributed by atoms with E-state index < -0.39 is 0 Å². The molecule has 0 bridgehead atoms. The maximum atomic E-state index is 8.69. The molecule has 80 valence electrons. The summed E-state index contributed by atoms with van der Waals surface area (Å²) in [6.07, 6.45) is 0. The molecular formula is C9H22N2O2. The van der Waals surface area contributed by atoms with Gasteiger partial charge in [-0.3, -0.25) is 4.90 Å². The zero-order valence-electron chi connectivity index (χ0n) is 8.74. The summed E-state index contributed by atoms with van der Waals surface area (Å²) in [4.78, 5) is 4.75. The first-order chi connectivity index (χ1) is 6.36. The van der Waals surface area contributed by atoms with Gasteiger partial charge in [-0.1, -0.05) is 6.92 Å². The van der Waals surface area contributed by atoms with Crippen LogP contribution in [0.25, 0.3) is 0 Å². The summed E-state index contributed by atoms with van der Waals surface area (Å²) in [5, 5.41) is 15.7. The van der Waals surface area contributed by atoms with Gasteiger partial charge in [-0.25, -0.2) is 0 Å². The Morgan fingerprint density at radius 3 is 1.85 bits per heavy atom. The second-order valence-electron chi connectivity index (χ2n) is 3.00. The van der Waals surface area contributed by atoms with Crippen LogP contribution in [0.4, 0.5) is 0 Å². The van der Waals surface area contributed by atoms with Crippen LogP contribution in [0.1, 0.15) is 6.92 Å². The molecule has 0 saturated carbocycles. The lowest BCUT2D eigenvalue weighted by molar-refractivity contribution is 0.116. The highest BCUT2D eigenvalue weighted by molar-refractivity contribution is 4.69. The number of hydrogen-bond donors (Lipinski definition) is 2. The van der Waals surface area contributed by atoms with E-state index in [0.29, 0.717) is 6.61 Å². The van der Waals surface area contributed by atoms with Crippen molar-refractivity contribution in [3.63, 3.8) is 0 Å². The van der Waals surface area contributed by atoms with E-state index in [1.807, 2.05) is 0 Å². The van der Waals surface area contributed by atoms with Crippen LogP contribution in [0, 0.1) is 0 Å². The van der Waals surface area contributed by atoms with Gasteiger partial charge >= 0.3 is 0 Å². The minimum absolute atomic E-state index is 0.298. The lowest BCUT2D eigenvalue weighted by Crippen LogP contribution is -2.46. The molecule has 1 aliphatic heterocycles. The van der Waals surface area contributed by atoms with E-state index in [0.717, 1.165) is 46.4 Å². The van der Waals surface area contributed by atoms with Crippen LogP contribution < -0.4 is 0 Å². The lowest BCUT2D eigenvalue weighted by atomic mass is 10.3. The number of hydrogen-bond acceptors (Lipinski definition) is 4. The fourth-order valence-electron chi connectivity index (χ4n) is 1.47. The number of aliphatic hydroxyl groups excluding tert-OH is 2. The molecule has 13 heavy (non-hydrogen) atoms. The summed E-state index contributed by atoms with van der Waals surface area (Å²) in [7, 11) is 1.00. The van der Waals surface area contributed by atoms with Crippen LogP contribution in [-0.2, 0) is 0 Å². The molecule has 4 nitrogen and oxygen atoms in total. The molecule has 4 heteroatoms. The molecule has 1 rings (SSSR count). The maximum absolute atomic E-state index is 8.69. The predicted molar refractivity (Wildman–Crippen MR) is 53.8 cm³/mol. The minimum Gasteiger partial charge on any atom is -0.400 e. The summed E-state index contributed by atoms with van der Waals surface area (Å²) in [6, 6.07) is 0. The molecule has 1 aliphatic rings. The average Bonchev–Trinajstić information content (AvgIpc) is 2.23. The molecule has 0 unspecified atom stereocenters. The zero-order chi connectivity index (χ0) is 10.1. The quantitative estimate of drug-likeness (QED) is 0.613. The van der Waals surface area contributed by atoms with Crippen LogP contribution in [0.3, 0.4) is 0 Å². The highest BCUT2D eigenvalue weighted by Gasteiger charge is 2.13. The Labute approximate surface area is 80.8 Å². The molecule has 0 radical (unpaired) electrons. The zero-order valence-corrected chi connectivity index (χ0v) is 8.74. The standard InChI is InChI=1S/C8H18N2O.CH4O/c1-2-9-3-5-10(6-4-9)7-8-11;1-2/h11H,2-8H2,1H3;2H,1H3. The van der Waals surface area contributed by atoms with E-state index in [-0.39, 0.29) is 0 Å². The van der Waals surface area contributed by atoms with E-state index in [2.05, 4.69) is 16.7 Å². The van der Waals surface area contributed by atoms with Crippen molar-refractivity contribution in [3.8, 4) is 0 Å². The highest BCUT2D eigenvalue weighted by atomic mass is 16.3.